The van der Waals surface area contributed by atoms with Crippen LogP contribution in [-0.4, -0.2) is 21.7 Å². The van der Waals surface area contributed by atoms with Gasteiger partial charge in [-0.3, -0.25) is 4.79 Å². The molecule has 1 amide bonds. The molecule has 1 aliphatic heterocycles. The van der Waals surface area contributed by atoms with Crippen LogP contribution < -0.4 is 0 Å². The Morgan fingerprint density at radius 1 is 0.923 bits per heavy atom. The van der Waals surface area contributed by atoms with E-state index in [9.17, 15) is 18.7 Å². The number of aromatic hydroxyl groups is 1. The molecule has 0 saturated carbocycles. The van der Waals surface area contributed by atoms with E-state index in [0.717, 1.165) is 0 Å². The number of hydrogen-bond acceptors (Lipinski definition) is 2. The van der Waals surface area contributed by atoms with Gasteiger partial charge in [0, 0.05) is 11.1 Å². The number of H-pyrrole nitrogens is 1. The molecule has 0 aliphatic carbocycles. The summed E-state index contributed by atoms with van der Waals surface area (Å²) in [6.07, 6.45) is 0. The summed E-state index contributed by atoms with van der Waals surface area (Å²) < 4.78 is 27.4. The predicted octanol–water partition coefficient (Wildman–Crippen LogP) is 5.18. The number of carbonyl (C=O) groups excluding carboxylic acids is 1. The van der Waals surface area contributed by atoms with Crippen LogP contribution >= 0.6 is 31.9 Å². The number of rotatable bonds is 2. The fraction of sp³-hybridized carbons (Fsp3) is 0. The van der Waals surface area contributed by atoms with E-state index in [1.54, 1.807) is 0 Å². The first-order valence-corrected chi connectivity index (χ1v) is 8.94. The lowest BCUT2D eigenvalue weighted by molar-refractivity contribution is 0.101. The molecule has 4 rings (SSSR count). The number of fused-ring (bicyclic) bond motifs is 1. The van der Waals surface area contributed by atoms with Gasteiger partial charge in [-0.1, -0.05) is 0 Å². The lowest BCUT2D eigenvalue weighted by Crippen LogP contribution is -2.00. The molecule has 0 unspecified atom stereocenters. The van der Waals surface area contributed by atoms with E-state index in [-0.39, 0.29) is 31.7 Å². The summed E-state index contributed by atoms with van der Waals surface area (Å²) in [5, 5.41) is 10.4. The number of aliphatic imine (C=N–C) groups is 1. The van der Waals surface area contributed by atoms with Crippen LogP contribution in [0.1, 0.15) is 21.5 Å². The maximum atomic E-state index is 13.5. The minimum Gasteiger partial charge on any atom is -0.494 e. The summed E-state index contributed by atoms with van der Waals surface area (Å²) >= 11 is 6.20. The molecule has 4 nitrogen and oxygen atoms in total. The topological polar surface area (TPSA) is 65.4 Å². The first-order chi connectivity index (χ1) is 12.4. The van der Waals surface area contributed by atoms with Gasteiger partial charge in [-0.25, -0.2) is 13.8 Å². The fourth-order valence-electron chi connectivity index (χ4n) is 2.87. The Labute approximate surface area is 162 Å². The van der Waals surface area contributed by atoms with Gasteiger partial charge in [0.05, 0.1) is 31.5 Å². The molecule has 1 aliphatic rings. The van der Waals surface area contributed by atoms with Crippen molar-refractivity contribution >= 4 is 43.5 Å². The smallest absolute Gasteiger partial charge is 0.280 e. The van der Waals surface area contributed by atoms with Crippen molar-refractivity contribution in [1.29, 1.82) is 0 Å². The molecule has 2 heterocycles. The summed E-state index contributed by atoms with van der Waals surface area (Å²) in [7, 11) is 0. The first kappa shape index (κ1) is 17.1. The quantitative estimate of drug-likeness (QED) is 0.529. The van der Waals surface area contributed by atoms with Crippen molar-refractivity contribution in [2.24, 2.45) is 4.99 Å². The standard InChI is InChI=1S/C18H8Br2F2N2O2/c19-9-5-7(1-3-11(9)21)15-13-14(18(26)23-15)16(24-17(13)25)8-2-4-12(22)10(20)6-8/h1-6,23,26H. The SMILES string of the molecule is O=C1N=C(c2ccc(F)c(Br)c2)c2c(O)[nH]c(-c3ccc(F)c(Br)c3)c21. The lowest BCUT2D eigenvalue weighted by atomic mass is 10.0. The van der Waals surface area contributed by atoms with Gasteiger partial charge in [0.25, 0.3) is 5.91 Å². The number of carbonyl (C=O) groups is 1. The van der Waals surface area contributed by atoms with Crippen LogP contribution in [0.25, 0.3) is 11.3 Å². The maximum Gasteiger partial charge on any atom is 0.280 e. The number of nitrogens with one attached hydrogen (secondary N) is 1. The monoisotopic (exact) mass is 480 g/mol. The summed E-state index contributed by atoms with van der Waals surface area (Å²) in [5.41, 5.74) is 2.00. The summed E-state index contributed by atoms with van der Waals surface area (Å²) in [5.74, 6) is -1.67. The Morgan fingerprint density at radius 3 is 2.12 bits per heavy atom. The van der Waals surface area contributed by atoms with Crippen molar-refractivity contribution in [3.8, 4) is 17.1 Å². The van der Waals surface area contributed by atoms with Gasteiger partial charge >= 0.3 is 0 Å². The molecule has 130 valence electrons. The van der Waals surface area contributed by atoms with Crippen LogP contribution in [0.5, 0.6) is 5.88 Å². The average molecular weight is 482 g/mol. The molecule has 0 bridgehead atoms. The zero-order valence-corrected chi connectivity index (χ0v) is 16.0. The number of hydrogen-bond donors (Lipinski definition) is 2. The Bertz CT molecular complexity index is 1120. The second kappa shape index (κ2) is 6.14. The summed E-state index contributed by atoms with van der Waals surface area (Å²) in [6.45, 7) is 0. The van der Waals surface area contributed by atoms with Crippen LogP contribution in [0.3, 0.4) is 0 Å². The van der Waals surface area contributed by atoms with Crippen LogP contribution in [0.15, 0.2) is 50.3 Å². The van der Waals surface area contributed by atoms with Gasteiger partial charge < -0.3 is 10.1 Å². The Balaban J connectivity index is 1.88. The highest BCUT2D eigenvalue weighted by Crippen LogP contribution is 2.39. The molecule has 0 atom stereocenters. The maximum absolute atomic E-state index is 13.5. The van der Waals surface area contributed by atoms with Gasteiger partial charge in [0.2, 0.25) is 0 Å². The number of aromatic amines is 1. The van der Waals surface area contributed by atoms with Crippen molar-refractivity contribution in [2.45, 2.75) is 0 Å². The third-order valence-electron chi connectivity index (χ3n) is 4.05. The molecule has 2 N–H and O–H groups in total. The Hall–Kier alpha value is -2.32. The number of nitrogens with zero attached hydrogens (tertiary/aromatic N) is 1. The molecular formula is C18H8Br2F2N2O2. The molecule has 0 spiro atoms. The first-order valence-electron chi connectivity index (χ1n) is 7.36. The highest BCUT2D eigenvalue weighted by molar-refractivity contribution is 9.10. The van der Waals surface area contributed by atoms with Crippen LogP contribution in [-0.2, 0) is 0 Å². The second-order valence-electron chi connectivity index (χ2n) is 5.62. The molecule has 0 fully saturated rings. The highest BCUT2D eigenvalue weighted by atomic mass is 79.9. The van der Waals surface area contributed by atoms with E-state index in [1.165, 1.54) is 36.4 Å². The molecule has 2 aromatic carbocycles. The van der Waals surface area contributed by atoms with E-state index in [4.69, 9.17) is 0 Å². The van der Waals surface area contributed by atoms with Crippen LogP contribution in [0.4, 0.5) is 8.78 Å². The minimum absolute atomic E-state index is 0.191. The number of amides is 1. The van der Waals surface area contributed by atoms with E-state index >= 15 is 0 Å². The van der Waals surface area contributed by atoms with Gasteiger partial charge in [-0.05, 0) is 68.3 Å². The zero-order valence-electron chi connectivity index (χ0n) is 12.8. The predicted molar refractivity (Wildman–Crippen MR) is 99.6 cm³/mol. The number of benzene rings is 2. The van der Waals surface area contributed by atoms with E-state index < -0.39 is 17.5 Å². The number of aromatic nitrogens is 1. The number of halogens is 4. The van der Waals surface area contributed by atoms with Crippen molar-refractivity contribution in [3.05, 3.63) is 73.7 Å². The Kier molecular flexibility index (Phi) is 4.04. The molecule has 26 heavy (non-hydrogen) atoms. The molecule has 0 radical (unpaired) electrons. The second-order valence-corrected chi connectivity index (χ2v) is 7.33. The highest BCUT2D eigenvalue weighted by Gasteiger charge is 2.33. The third-order valence-corrected chi connectivity index (χ3v) is 5.26. The molecule has 8 heteroatoms. The largest absolute Gasteiger partial charge is 0.494 e. The summed E-state index contributed by atoms with van der Waals surface area (Å²) in [6, 6.07) is 8.44. The average Bonchev–Trinajstić information content (AvgIpc) is 3.12. The lowest BCUT2D eigenvalue weighted by Gasteiger charge is -2.03. The van der Waals surface area contributed by atoms with Gasteiger partial charge in [-0.15, -0.1) is 0 Å². The van der Waals surface area contributed by atoms with Gasteiger partial charge in [0.15, 0.2) is 5.88 Å². The minimum atomic E-state index is -0.539. The molecular weight excluding hydrogens is 474 g/mol. The fourth-order valence-corrected chi connectivity index (χ4v) is 3.62. The van der Waals surface area contributed by atoms with Crippen molar-refractivity contribution in [3.63, 3.8) is 0 Å². The van der Waals surface area contributed by atoms with Crippen molar-refractivity contribution < 1.29 is 18.7 Å². The van der Waals surface area contributed by atoms with Crippen molar-refractivity contribution in [1.82, 2.24) is 4.98 Å². The van der Waals surface area contributed by atoms with E-state index in [2.05, 4.69) is 41.8 Å². The van der Waals surface area contributed by atoms with Crippen LogP contribution in [0, 0.1) is 11.6 Å². The normalized spacial score (nSPS) is 13.1. The molecule has 3 aromatic rings. The molecule has 1 aromatic heterocycles. The van der Waals surface area contributed by atoms with Crippen LogP contribution in [0.2, 0.25) is 0 Å². The van der Waals surface area contributed by atoms with Crippen molar-refractivity contribution in [2.75, 3.05) is 0 Å². The van der Waals surface area contributed by atoms with E-state index in [0.29, 0.717) is 16.8 Å². The van der Waals surface area contributed by atoms with Gasteiger partial charge in [-0.2, -0.15) is 0 Å². The summed E-state index contributed by atoms with van der Waals surface area (Å²) in [4.78, 5) is 19.2. The zero-order chi connectivity index (χ0) is 18.6. The Morgan fingerprint density at radius 2 is 1.50 bits per heavy atom. The third kappa shape index (κ3) is 2.60. The molecule has 0 saturated heterocycles. The van der Waals surface area contributed by atoms with E-state index in [1.807, 2.05) is 0 Å². The van der Waals surface area contributed by atoms with Gasteiger partial charge in [0.1, 0.15) is 11.6 Å².